The lowest BCUT2D eigenvalue weighted by Crippen LogP contribution is -2.19. The van der Waals surface area contributed by atoms with E-state index in [2.05, 4.69) is 11.7 Å². The van der Waals surface area contributed by atoms with Crippen LogP contribution in [0.2, 0.25) is 0 Å². The summed E-state index contributed by atoms with van der Waals surface area (Å²) in [6.45, 7) is 2.15. The van der Waals surface area contributed by atoms with Crippen molar-refractivity contribution in [3.63, 3.8) is 0 Å². The third kappa shape index (κ3) is 4.68. The summed E-state index contributed by atoms with van der Waals surface area (Å²) in [5, 5.41) is 8.37. The number of benzene rings is 1. The Bertz CT molecular complexity index is 381. The van der Waals surface area contributed by atoms with E-state index in [9.17, 15) is 9.59 Å². The predicted octanol–water partition coefficient (Wildman–Crippen LogP) is 2.41. The van der Waals surface area contributed by atoms with Gasteiger partial charge in [-0.25, -0.2) is 9.59 Å². The Hall–Kier alpha value is -1.84. The molecule has 17 heavy (non-hydrogen) atoms. The Morgan fingerprint density at radius 2 is 1.82 bits per heavy atom. The van der Waals surface area contributed by atoms with Crippen LogP contribution in [0.4, 0.5) is 0 Å². The molecule has 4 nitrogen and oxygen atoms in total. The number of carbonyl (C=O) groups is 2. The van der Waals surface area contributed by atoms with Gasteiger partial charge in [-0.1, -0.05) is 31.9 Å². The number of hydrogen-bond donors (Lipinski definition) is 1. The summed E-state index contributed by atoms with van der Waals surface area (Å²) in [5.74, 6) is -2.59. The standard InChI is InChI=1S/C13H16O4/c1-2-3-4-5-10-6-8-11(9-7-10)17-13(16)12(14)15/h6-9H,2-5H2,1H3,(H,14,15). The fourth-order valence-electron chi connectivity index (χ4n) is 1.45. The molecule has 1 aromatic carbocycles. The SMILES string of the molecule is CCCCCc1ccc(OC(=O)C(=O)O)cc1. The number of carboxylic acid groups (broad SMARTS) is 1. The monoisotopic (exact) mass is 236 g/mol. The molecule has 0 fully saturated rings. The zero-order chi connectivity index (χ0) is 12.7. The van der Waals surface area contributed by atoms with E-state index in [4.69, 9.17) is 5.11 Å². The zero-order valence-electron chi connectivity index (χ0n) is 9.81. The maximum absolute atomic E-state index is 10.8. The summed E-state index contributed by atoms with van der Waals surface area (Å²) >= 11 is 0. The van der Waals surface area contributed by atoms with Crippen molar-refractivity contribution in [1.29, 1.82) is 0 Å². The molecule has 0 unspecified atom stereocenters. The Morgan fingerprint density at radius 1 is 1.18 bits per heavy atom. The van der Waals surface area contributed by atoms with Crippen LogP contribution in [0.5, 0.6) is 5.75 Å². The van der Waals surface area contributed by atoms with Crippen molar-refractivity contribution in [1.82, 2.24) is 0 Å². The van der Waals surface area contributed by atoms with Crippen LogP contribution >= 0.6 is 0 Å². The summed E-state index contributed by atoms with van der Waals surface area (Å²) in [5.41, 5.74) is 1.16. The summed E-state index contributed by atoms with van der Waals surface area (Å²) in [7, 11) is 0. The Morgan fingerprint density at radius 3 is 2.35 bits per heavy atom. The van der Waals surface area contributed by atoms with Gasteiger partial charge >= 0.3 is 11.9 Å². The molecule has 1 rings (SSSR count). The molecule has 0 amide bonds. The van der Waals surface area contributed by atoms with Gasteiger partial charge < -0.3 is 9.84 Å². The van der Waals surface area contributed by atoms with Gasteiger partial charge in [-0.05, 0) is 30.5 Å². The highest BCUT2D eigenvalue weighted by Crippen LogP contribution is 2.14. The largest absolute Gasteiger partial charge is 0.473 e. The quantitative estimate of drug-likeness (QED) is 0.369. The van der Waals surface area contributed by atoms with Crippen molar-refractivity contribution in [2.24, 2.45) is 0 Å². The number of ether oxygens (including phenoxy) is 1. The van der Waals surface area contributed by atoms with Gasteiger partial charge in [-0.15, -0.1) is 0 Å². The Labute approximate surface area is 100 Å². The van der Waals surface area contributed by atoms with E-state index in [0.29, 0.717) is 0 Å². The van der Waals surface area contributed by atoms with Crippen LogP contribution in [0.25, 0.3) is 0 Å². The van der Waals surface area contributed by atoms with Crippen molar-refractivity contribution in [2.45, 2.75) is 32.6 Å². The van der Waals surface area contributed by atoms with Crippen LogP contribution < -0.4 is 4.74 Å². The number of rotatable bonds is 5. The molecule has 0 saturated heterocycles. The van der Waals surface area contributed by atoms with E-state index in [0.717, 1.165) is 18.4 Å². The minimum atomic E-state index is -1.59. The van der Waals surface area contributed by atoms with Crippen LogP contribution in [-0.2, 0) is 16.0 Å². The third-order valence-corrected chi connectivity index (χ3v) is 2.38. The molecule has 4 heteroatoms. The van der Waals surface area contributed by atoms with Crippen molar-refractivity contribution in [3.8, 4) is 5.75 Å². The van der Waals surface area contributed by atoms with Gasteiger partial charge in [-0.3, -0.25) is 0 Å². The average molecular weight is 236 g/mol. The van der Waals surface area contributed by atoms with E-state index < -0.39 is 11.9 Å². The second-order valence-electron chi connectivity index (χ2n) is 3.80. The minimum Gasteiger partial charge on any atom is -0.473 e. The van der Waals surface area contributed by atoms with E-state index >= 15 is 0 Å². The topological polar surface area (TPSA) is 63.6 Å². The van der Waals surface area contributed by atoms with Crippen molar-refractivity contribution >= 4 is 11.9 Å². The number of hydrogen-bond acceptors (Lipinski definition) is 3. The molecule has 0 saturated carbocycles. The fraction of sp³-hybridized carbons (Fsp3) is 0.385. The molecular formula is C13H16O4. The first-order valence-corrected chi connectivity index (χ1v) is 5.67. The van der Waals surface area contributed by atoms with Crippen LogP contribution in [0.1, 0.15) is 31.7 Å². The maximum atomic E-state index is 10.8. The third-order valence-electron chi connectivity index (χ3n) is 2.38. The molecule has 0 heterocycles. The second-order valence-corrected chi connectivity index (χ2v) is 3.80. The highest BCUT2D eigenvalue weighted by atomic mass is 16.6. The maximum Gasteiger partial charge on any atom is 0.422 e. The molecule has 0 aromatic heterocycles. The first-order valence-electron chi connectivity index (χ1n) is 5.67. The predicted molar refractivity (Wildman–Crippen MR) is 62.9 cm³/mol. The highest BCUT2D eigenvalue weighted by molar-refractivity contribution is 6.29. The number of carbonyl (C=O) groups excluding carboxylic acids is 1. The van der Waals surface area contributed by atoms with Gasteiger partial charge in [-0.2, -0.15) is 0 Å². The molecule has 0 aliphatic rings. The molecule has 0 aliphatic heterocycles. The van der Waals surface area contributed by atoms with Crippen molar-refractivity contribution < 1.29 is 19.4 Å². The van der Waals surface area contributed by atoms with Gasteiger partial charge in [0.1, 0.15) is 5.75 Å². The molecule has 0 bridgehead atoms. The fourth-order valence-corrected chi connectivity index (χ4v) is 1.45. The smallest absolute Gasteiger partial charge is 0.422 e. The molecule has 0 aliphatic carbocycles. The van der Waals surface area contributed by atoms with Crippen LogP contribution in [-0.4, -0.2) is 17.0 Å². The lowest BCUT2D eigenvalue weighted by Gasteiger charge is -2.03. The molecular weight excluding hydrogens is 220 g/mol. The summed E-state index contributed by atoms with van der Waals surface area (Å²) in [6.07, 6.45) is 4.48. The van der Waals surface area contributed by atoms with E-state index in [1.165, 1.54) is 12.8 Å². The minimum absolute atomic E-state index is 0.261. The normalized spacial score (nSPS) is 9.94. The zero-order valence-corrected chi connectivity index (χ0v) is 9.81. The number of aliphatic carboxylic acids is 1. The molecule has 0 radical (unpaired) electrons. The van der Waals surface area contributed by atoms with E-state index in [-0.39, 0.29) is 5.75 Å². The first-order chi connectivity index (χ1) is 8.13. The first kappa shape index (κ1) is 13.2. The highest BCUT2D eigenvalue weighted by Gasteiger charge is 2.13. The number of carboxylic acids is 1. The van der Waals surface area contributed by atoms with Crippen LogP contribution in [0.3, 0.4) is 0 Å². The van der Waals surface area contributed by atoms with Gasteiger partial charge in [0.25, 0.3) is 0 Å². The summed E-state index contributed by atoms with van der Waals surface area (Å²) < 4.78 is 4.62. The lowest BCUT2D eigenvalue weighted by molar-refractivity contribution is -0.158. The molecule has 0 spiro atoms. The summed E-state index contributed by atoms with van der Waals surface area (Å²) in [4.78, 5) is 21.1. The van der Waals surface area contributed by atoms with Gasteiger partial charge in [0.2, 0.25) is 0 Å². The molecule has 0 atom stereocenters. The number of unbranched alkanes of at least 4 members (excludes halogenated alkanes) is 2. The van der Waals surface area contributed by atoms with Gasteiger partial charge in [0.05, 0.1) is 0 Å². The van der Waals surface area contributed by atoms with E-state index in [1.807, 2.05) is 12.1 Å². The molecule has 92 valence electrons. The lowest BCUT2D eigenvalue weighted by atomic mass is 10.1. The van der Waals surface area contributed by atoms with Crippen molar-refractivity contribution in [2.75, 3.05) is 0 Å². The van der Waals surface area contributed by atoms with Crippen LogP contribution in [0.15, 0.2) is 24.3 Å². The second kappa shape index (κ2) is 6.68. The molecule has 1 N–H and O–H groups in total. The van der Waals surface area contributed by atoms with Crippen LogP contribution in [0, 0.1) is 0 Å². The Balaban J connectivity index is 2.50. The molecule has 1 aromatic rings. The Kier molecular flexibility index (Phi) is 5.20. The summed E-state index contributed by atoms with van der Waals surface area (Å²) in [6, 6.07) is 6.92. The number of esters is 1. The van der Waals surface area contributed by atoms with Gasteiger partial charge in [0, 0.05) is 0 Å². The average Bonchev–Trinajstić information content (AvgIpc) is 2.31. The van der Waals surface area contributed by atoms with E-state index in [1.54, 1.807) is 12.1 Å². The number of aryl methyl sites for hydroxylation is 1. The van der Waals surface area contributed by atoms with Gasteiger partial charge in [0.15, 0.2) is 0 Å². The van der Waals surface area contributed by atoms with Crippen molar-refractivity contribution in [3.05, 3.63) is 29.8 Å².